The zero-order valence-corrected chi connectivity index (χ0v) is 24.1. The van der Waals surface area contributed by atoms with Crippen LogP contribution in [-0.4, -0.2) is 48.7 Å². The number of fused-ring (bicyclic) bond motifs is 1. The number of nitrogens with zero attached hydrogens (tertiary/aromatic N) is 3. The quantitative estimate of drug-likeness (QED) is 0.159. The molecule has 38 heavy (non-hydrogen) atoms. The van der Waals surface area contributed by atoms with E-state index in [0.29, 0.717) is 45.3 Å². The maximum atomic E-state index is 13.4. The van der Waals surface area contributed by atoms with Gasteiger partial charge in [0.15, 0.2) is 0 Å². The Balaban J connectivity index is 1.62. The first-order chi connectivity index (χ1) is 18.2. The smallest absolute Gasteiger partial charge is 0.303 e. The number of thiocarbonyl (C=S) groups is 1. The van der Waals surface area contributed by atoms with Gasteiger partial charge in [-0.3, -0.25) is 23.7 Å². The molecule has 0 atom stereocenters. The number of thioether (sulfide) groups is 1. The van der Waals surface area contributed by atoms with Crippen molar-refractivity contribution in [1.82, 2.24) is 14.3 Å². The predicted octanol–water partition coefficient (Wildman–Crippen LogP) is 5.87. The van der Waals surface area contributed by atoms with Crippen LogP contribution in [0.5, 0.6) is 0 Å². The second-order valence-corrected chi connectivity index (χ2v) is 11.9. The lowest BCUT2D eigenvalue weighted by molar-refractivity contribution is -0.137. The molecule has 0 saturated carbocycles. The Morgan fingerprint density at radius 1 is 1.11 bits per heavy atom. The van der Waals surface area contributed by atoms with Crippen LogP contribution in [0.25, 0.3) is 11.7 Å². The maximum absolute atomic E-state index is 13.4. The van der Waals surface area contributed by atoms with Crippen molar-refractivity contribution in [2.24, 2.45) is 5.92 Å². The Hall–Kier alpha value is -2.72. The summed E-state index contributed by atoms with van der Waals surface area (Å²) in [5.41, 5.74) is 1.63. The number of rotatable bonds is 15. The summed E-state index contributed by atoms with van der Waals surface area (Å²) in [6.45, 7) is 7.30. The van der Waals surface area contributed by atoms with Crippen LogP contribution in [0, 0.1) is 12.8 Å². The fourth-order valence-corrected chi connectivity index (χ4v) is 5.55. The lowest BCUT2D eigenvalue weighted by Crippen LogP contribution is -2.29. The average molecular weight is 559 g/mol. The second kappa shape index (κ2) is 14.4. The van der Waals surface area contributed by atoms with Gasteiger partial charge >= 0.3 is 5.97 Å². The number of hydrogen-bond donors (Lipinski definition) is 2. The van der Waals surface area contributed by atoms with Crippen LogP contribution < -0.4 is 10.9 Å². The van der Waals surface area contributed by atoms with Gasteiger partial charge in [0.2, 0.25) is 0 Å². The number of aromatic nitrogens is 2. The van der Waals surface area contributed by atoms with Gasteiger partial charge in [0.1, 0.15) is 15.8 Å². The van der Waals surface area contributed by atoms with E-state index in [4.69, 9.17) is 17.3 Å². The van der Waals surface area contributed by atoms with Crippen LogP contribution in [-0.2, 0) is 9.59 Å². The number of carbonyl (C=O) groups is 2. The molecule has 1 aliphatic heterocycles. The minimum atomic E-state index is -0.727. The number of carboxylic acid groups (broad SMARTS) is 1. The lowest BCUT2D eigenvalue weighted by atomic mass is 10.1. The highest BCUT2D eigenvalue weighted by Gasteiger charge is 2.32. The number of nitrogens with one attached hydrogen (secondary N) is 1. The van der Waals surface area contributed by atoms with Crippen molar-refractivity contribution < 1.29 is 14.7 Å². The molecular formula is C28H38N4O4S2. The standard InChI is InChI=1S/C28H38N4O4S2/c1-19(2)17-29-25-21(26(35)32-18-20(3)13-14-23(32)30-25)16-22-27(36)31(28(37)38-22)15-11-9-7-5-4-6-8-10-12-24(33)34/h13-14,16,18-19,29H,4-12,15,17H2,1-3H3,(H,33,34)/b22-16+. The molecule has 1 amide bonds. The molecule has 3 heterocycles. The first-order valence-electron chi connectivity index (χ1n) is 13.4. The Bertz CT molecular complexity index is 1260. The van der Waals surface area contributed by atoms with Crippen LogP contribution in [0.3, 0.4) is 0 Å². The van der Waals surface area contributed by atoms with Crippen LogP contribution in [0.2, 0.25) is 0 Å². The Labute approximate surface area is 233 Å². The maximum Gasteiger partial charge on any atom is 0.303 e. The lowest BCUT2D eigenvalue weighted by Gasteiger charge is -2.14. The van der Waals surface area contributed by atoms with E-state index in [1.54, 1.807) is 17.2 Å². The molecule has 0 radical (unpaired) electrons. The third-order valence-corrected chi connectivity index (χ3v) is 7.73. The number of carbonyl (C=O) groups excluding carboxylic acids is 1. The molecular weight excluding hydrogens is 520 g/mol. The molecule has 3 rings (SSSR count). The predicted molar refractivity (Wildman–Crippen MR) is 159 cm³/mol. The van der Waals surface area contributed by atoms with E-state index in [1.165, 1.54) is 16.2 Å². The first-order valence-corrected chi connectivity index (χ1v) is 14.6. The summed E-state index contributed by atoms with van der Waals surface area (Å²) < 4.78 is 2.04. The summed E-state index contributed by atoms with van der Waals surface area (Å²) in [4.78, 5) is 43.9. The Kier molecular flexibility index (Phi) is 11.3. The molecule has 206 valence electrons. The van der Waals surface area contributed by atoms with Gasteiger partial charge in [0.05, 0.1) is 10.5 Å². The van der Waals surface area contributed by atoms with Crippen LogP contribution >= 0.6 is 24.0 Å². The van der Waals surface area contributed by atoms with Crippen molar-refractivity contribution in [2.45, 2.75) is 78.6 Å². The van der Waals surface area contributed by atoms with Crippen molar-refractivity contribution in [3.8, 4) is 0 Å². The van der Waals surface area contributed by atoms with Crippen molar-refractivity contribution in [1.29, 1.82) is 0 Å². The molecule has 1 saturated heterocycles. The van der Waals surface area contributed by atoms with Gasteiger partial charge in [-0.25, -0.2) is 4.98 Å². The molecule has 2 aromatic rings. The Morgan fingerprint density at radius 2 is 1.76 bits per heavy atom. The molecule has 0 spiro atoms. The zero-order valence-electron chi connectivity index (χ0n) is 22.5. The number of unbranched alkanes of at least 4 members (excludes halogenated alkanes) is 7. The number of carboxylic acids is 1. The number of aliphatic carboxylic acids is 1. The van der Waals surface area contributed by atoms with Gasteiger partial charge in [0, 0.05) is 25.7 Å². The molecule has 8 nitrogen and oxygen atoms in total. The average Bonchev–Trinajstić information content (AvgIpc) is 3.13. The molecule has 0 aliphatic carbocycles. The molecule has 2 aromatic heterocycles. The molecule has 0 unspecified atom stereocenters. The number of pyridine rings is 1. The van der Waals surface area contributed by atoms with Crippen molar-refractivity contribution in [3.63, 3.8) is 0 Å². The van der Waals surface area contributed by atoms with Crippen LogP contribution in [0.4, 0.5) is 5.82 Å². The van der Waals surface area contributed by atoms with Gasteiger partial charge < -0.3 is 10.4 Å². The first kappa shape index (κ1) is 29.8. The number of aryl methyl sites for hydroxylation is 1. The summed E-state index contributed by atoms with van der Waals surface area (Å²) in [5.74, 6) is -0.0610. The van der Waals surface area contributed by atoms with Crippen molar-refractivity contribution >= 4 is 57.7 Å². The van der Waals surface area contributed by atoms with Gasteiger partial charge in [0.25, 0.3) is 11.5 Å². The van der Waals surface area contributed by atoms with E-state index >= 15 is 0 Å². The topological polar surface area (TPSA) is 104 Å². The molecule has 10 heteroatoms. The van der Waals surface area contributed by atoms with E-state index in [0.717, 1.165) is 56.9 Å². The molecule has 0 bridgehead atoms. The van der Waals surface area contributed by atoms with Gasteiger partial charge in [-0.05, 0) is 43.4 Å². The minimum absolute atomic E-state index is 0.165. The van der Waals surface area contributed by atoms with Gasteiger partial charge in [-0.1, -0.05) is 82.4 Å². The van der Waals surface area contributed by atoms with E-state index in [-0.39, 0.29) is 17.9 Å². The summed E-state index contributed by atoms with van der Waals surface area (Å²) in [6, 6.07) is 3.74. The highest BCUT2D eigenvalue weighted by molar-refractivity contribution is 8.26. The highest BCUT2D eigenvalue weighted by atomic mass is 32.2. The monoisotopic (exact) mass is 558 g/mol. The zero-order chi connectivity index (χ0) is 27.7. The fourth-order valence-electron chi connectivity index (χ4n) is 4.26. The van der Waals surface area contributed by atoms with E-state index in [1.807, 2.05) is 19.1 Å². The van der Waals surface area contributed by atoms with E-state index < -0.39 is 5.97 Å². The molecule has 2 N–H and O–H groups in total. The third-order valence-electron chi connectivity index (χ3n) is 6.35. The third kappa shape index (κ3) is 8.39. The Morgan fingerprint density at radius 3 is 2.42 bits per heavy atom. The number of anilines is 1. The van der Waals surface area contributed by atoms with E-state index in [9.17, 15) is 14.4 Å². The molecule has 1 aliphatic rings. The molecule has 0 aromatic carbocycles. The van der Waals surface area contributed by atoms with Gasteiger partial charge in [-0.2, -0.15) is 0 Å². The summed E-state index contributed by atoms with van der Waals surface area (Å²) in [5, 5.41) is 12.0. The second-order valence-electron chi connectivity index (χ2n) is 10.2. The van der Waals surface area contributed by atoms with Gasteiger partial charge in [-0.15, -0.1) is 0 Å². The normalized spacial score (nSPS) is 14.8. The largest absolute Gasteiger partial charge is 0.481 e. The van der Waals surface area contributed by atoms with E-state index in [2.05, 4.69) is 24.1 Å². The van der Waals surface area contributed by atoms with Crippen molar-refractivity contribution in [3.05, 3.63) is 44.7 Å². The number of amides is 1. The SMILES string of the molecule is Cc1ccc2nc(NCC(C)C)c(/C=C3/SC(=S)N(CCCCCCCCCCC(=O)O)C3=O)c(=O)n2c1. The summed E-state index contributed by atoms with van der Waals surface area (Å²) >= 11 is 6.74. The summed E-state index contributed by atoms with van der Waals surface area (Å²) in [7, 11) is 0. The molecule has 1 fully saturated rings. The highest BCUT2D eigenvalue weighted by Crippen LogP contribution is 2.33. The van der Waals surface area contributed by atoms with Crippen LogP contribution in [0.1, 0.15) is 82.8 Å². The minimum Gasteiger partial charge on any atom is -0.481 e. The fraction of sp³-hybridized carbons (Fsp3) is 0.536. The van der Waals surface area contributed by atoms with Crippen molar-refractivity contribution in [2.75, 3.05) is 18.4 Å². The summed E-state index contributed by atoms with van der Waals surface area (Å²) in [6.07, 6.45) is 11.6. The van der Waals surface area contributed by atoms with Crippen LogP contribution in [0.15, 0.2) is 28.0 Å². The number of hydrogen-bond acceptors (Lipinski definition) is 7.